The number of esters is 2. The Morgan fingerprint density at radius 1 is 1.05 bits per heavy atom. The highest BCUT2D eigenvalue weighted by atomic mass is 16.8. The van der Waals surface area contributed by atoms with Gasteiger partial charge in [0.05, 0.1) is 0 Å². The number of ether oxygens (including phenoxy) is 2. The first-order valence-corrected chi connectivity index (χ1v) is 6.76. The summed E-state index contributed by atoms with van der Waals surface area (Å²) < 4.78 is 9.65. The van der Waals surface area contributed by atoms with Crippen molar-refractivity contribution >= 4 is 11.9 Å². The molecule has 0 saturated carbocycles. The van der Waals surface area contributed by atoms with Crippen LogP contribution in [0.3, 0.4) is 0 Å². The third kappa shape index (κ3) is 5.69. The molecule has 6 nitrogen and oxygen atoms in total. The molecule has 1 unspecified atom stereocenters. The molecule has 0 saturated heterocycles. The maximum absolute atomic E-state index is 11.7. The highest BCUT2D eigenvalue weighted by Crippen LogP contribution is 2.27. The number of carbonyl (C=O) groups excluding carboxylic acids is 2. The fraction of sp³-hybridized carbons (Fsp3) is 0.600. The van der Waals surface area contributed by atoms with Gasteiger partial charge in [0, 0.05) is 17.1 Å². The molecule has 0 bridgehead atoms. The Morgan fingerprint density at radius 2 is 1.48 bits per heavy atom. The maximum Gasteiger partial charge on any atom is 0.364 e. The Morgan fingerprint density at radius 3 is 1.81 bits per heavy atom. The second-order valence-electron chi connectivity index (χ2n) is 5.01. The van der Waals surface area contributed by atoms with E-state index in [-0.39, 0.29) is 11.1 Å². The molecule has 6 heteroatoms. The predicted molar refractivity (Wildman–Crippen MR) is 76.8 cm³/mol. The Kier molecular flexibility index (Phi) is 7.32. The standard InChI is InChI=1S/C15H24O6/c1-7-11(8-2)12(20-13(16)9(3)4)15(18,19)21-14(17)10(5)6/h11-12,18-19H,3,5,7-8H2,1-2,4,6H3. The first-order chi connectivity index (χ1) is 9.56. The van der Waals surface area contributed by atoms with Crippen molar-refractivity contribution in [2.75, 3.05) is 0 Å². The average Bonchev–Trinajstić information content (AvgIpc) is 2.37. The predicted octanol–water partition coefficient (Wildman–Crippen LogP) is 1.67. The summed E-state index contributed by atoms with van der Waals surface area (Å²) in [6.07, 6.45) is -0.420. The fourth-order valence-electron chi connectivity index (χ4n) is 1.69. The van der Waals surface area contributed by atoms with Crippen molar-refractivity contribution < 1.29 is 29.3 Å². The van der Waals surface area contributed by atoms with Crippen molar-refractivity contribution in [1.29, 1.82) is 0 Å². The van der Waals surface area contributed by atoms with Crippen molar-refractivity contribution in [2.24, 2.45) is 5.92 Å². The van der Waals surface area contributed by atoms with Crippen LogP contribution in [-0.4, -0.2) is 34.2 Å². The van der Waals surface area contributed by atoms with Gasteiger partial charge in [0.1, 0.15) is 0 Å². The van der Waals surface area contributed by atoms with Gasteiger partial charge in [0.15, 0.2) is 6.10 Å². The fourth-order valence-corrected chi connectivity index (χ4v) is 1.69. The molecule has 0 amide bonds. The van der Waals surface area contributed by atoms with E-state index < -0.39 is 29.9 Å². The van der Waals surface area contributed by atoms with Crippen LogP contribution in [0.2, 0.25) is 0 Å². The van der Waals surface area contributed by atoms with Gasteiger partial charge in [-0.15, -0.1) is 0 Å². The second kappa shape index (κ2) is 7.95. The molecule has 0 aromatic rings. The third-order valence-corrected chi connectivity index (χ3v) is 3.02. The topological polar surface area (TPSA) is 93.1 Å². The molecular formula is C15H24O6. The highest BCUT2D eigenvalue weighted by Gasteiger charge is 2.46. The van der Waals surface area contributed by atoms with Crippen molar-refractivity contribution in [3.05, 3.63) is 24.3 Å². The van der Waals surface area contributed by atoms with Crippen LogP contribution < -0.4 is 0 Å². The molecule has 0 heterocycles. The van der Waals surface area contributed by atoms with E-state index in [1.165, 1.54) is 13.8 Å². The minimum absolute atomic E-state index is 0.00278. The molecule has 120 valence electrons. The van der Waals surface area contributed by atoms with E-state index in [0.29, 0.717) is 12.8 Å². The summed E-state index contributed by atoms with van der Waals surface area (Å²) in [6, 6.07) is 0. The zero-order valence-corrected chi connectivity index (χ0v) is 13.0. The van der Waals surface area contributed by atoms with Crippen LogP contribution >= 0.6 is 0 Å². The maximum atomic E-state index is 11.7. The van der Waals surface area contributed by atoms with Crippen LogP contribution in [-0.2, 0) is 19.1 Å². The highest BCUT2D eigenvalue weighted by molar-refractivity contribution is 5.88. The van der Waals surface area contributed by atoms with Gasteiger partial charge in [-0.2, -0.15) is 0 Å². The number of aliphatic hydroxyl groups is 2. The van der Waals surface area contributed by atoms with Crippen LogP contribution in [0, 0.1) is 5.92 Å². The van der Waals surface area contributed by atoms with E-state index in [9.17, 15) is 19.8 Å². The molecule has 1 atom stereocenters. The zero-order valence-electron chi connectivity index (χ0n) is 13.0. The largest absolute Gasteiger partial charge is 0.449 e. The summed E-state index contributed by atoms with van der Waals surface area (Å²) in [4.78, 5) is 23.1. The van der Waals surface area contributed by atoms with Crippen molar-refractivity contribution in [3.8, 4) is 0 Å². The van der Waals surface area contributed by atoms with Crippen molar-refractivity contribution in [3.63, 3.8) is 0 Å². The Labute approximate surface area is 125 Å². The van der Waals surface area contributed by atoms with Gasteiger partial charge >= 0.3 is 17.9 Å². The van der Waals surface area contributed by atoms with Gasteiger partial charge in [-0.05, 0) is 26.7 Å². The van der Waals surface area contributed by atoms with Crippen LogP contribution in [0.15, 0.2) is 24.3 Å². The lowest BCUT2D eigenvalue weighted by Gasteiger charge is -2.34. The Hall–Kier alpha value is -1.66. The van der Waals surface area contributed by atoms with Gasteiger partial charge in [-0.1, -0.05) is 27.0 Å². The molecule has 0 spiro atoms. The SMILES string of the molecule is C=C(C)C(=O)OC(C(CC)CC)C(O)(O)OC(=O)C(=C)C. The molecular weight excluding hydrogens is 276 g/mol. The van der Waals surface area contributed by atoms with E-state index >= 15 is 0 Å². The number of carbonyl (C=O) groups is 2. The second-order valence-corrected chi connectivity index (χ2v) is 5.01. The van der Waals surface area contributed by atoms with Crippen molar-refractivity contribution in [1.82, 2.24) is 0 Å². The molecule has 2 N–H and O–H groups in total. The van der Waals surface area contributed by atoms with Gasteiger partial charge in [-0.25, -0.2) is 9.59 Å². The Balaban J connectivity index is 5.34. The first-order valence-electron chi connectivity index (χ1n) is 6.76. The Bertz CT molecular complexity index is 420. The molecule has 0 aliphatic carbocycles. The van der Waals surface area contributed by atoms with Crippen LogP contribution in [0.25, 0.3) is 0 Å². The summed E-state index contributed by atoms with van der Waals surface area (Å²) in [5, 5.41) is 20.0. The van der Waals surface area contributed by atoms with Gasteiger partial charge in [0.2, 0.25) is 0 Å². The molecule has 0 aliphatic rings. The molecule has 0 rings (SSSR count). The van der Waals surface area contributed by atoms with Gasteiger partial charge < -0.3 is 19.7 Å². The average molecular weight is 300 g/mol. The summed E-state index contributed by atoms with van der Waals surface area (Å²) >= 11 is 0. The quantitative estimate of drug-likeness (QED) is 0.402. The lowest BCUT2D eigenvalue weighted by atomic mass is 9.94. The van der Waals surface area contributed by atoms with E-state index in [4.69, 9.17) is 4.74 Å². The number of hydrogen-bond donors (Lipinski definition) is 2. The first kappa shape index (κ1) is 19.3. The zero-order chi connectivity index (χ0) is 16.8. The van der Waals surface area contributed by atoms with E-state index in [1.54, 1.807) is 13.8 Å². The third-order valence-electron chi connectivity index (χ3n) is 3.02. The summed E-state index contributed by atoms with van der Waals surface area (Å²) in [5.74, 6) is -5.10. The molecule has 0 radical (unpaired) electrons. The van der Waals surface area contributed by atoms with Gasteiger partial charge in [-0.3, -0.25) is 0 Å². The molecule has 0 aromatic heterocycles. The molecule has 0 aliphatic heterocycles. The normalized spacial score (nSPS) is 12.7. The lowest BCUT2D eigenvalue weighted by Crippen LogP contribution is -2.52. The minimum atomic E-state index is -2.93. The van der Waals surface area contributed by atoms with Gasteiger partial charge in [0.25, 0.3) is 0 Å². The van der Waals surface area contributed by atoms with E-state index in [1.807, 2.05) is 0 Å². The smallest absolute Gasteiger partial charge is 0.364 e. The summed E-state index contributed by atoms with van der Waals surface area (Å²) in [5.41, 5.74) is 0.102. The van der Waals surface area contributed by atoms with Crippen molar-refractivity contribution in [2.45, 2.75) is 52.6 Å². The van der Waals surface area contributed by atoms with Crippen LogP contribution in [0.4, 0.5) is 0 Å². The molecule has 0 aromatic carbocycles. The van der Waals surface area contributed by atoms with Crippen LogP contribution in [0.5, 0.6) is 0 Å². The molecule has 0 fully saturated rings. The minimum Gasteiger partial charge on any atom is -0.449 e. The lowest BCUT2D eigenvalue weighted by molar-refractivity contribution is -0.365. The summed E-state index contributed by atoms with van der Waals surface area (Å²) in [6.45, 7) is 13.2. The van der Waals surface area contributed by atoms with E-state index in [0.717, 1.165) is 0 Å². The van der Waals surface area contributed by atoms with Crippen LogP contribution in [0.1, 0.15) is 40.5 Å². The molecule has 21 heavy (non-hydrogen) atoms. The monoisotopic (exact) mass is 300 g/mol. The summed E-state index contributed by atoms with van der Waals surface area (Å²) in [7, 11) is 0. The number of rotatable bonds is 8. The van der Waals surface area contributed by atoms with E-state index in [2.05, 4.69) is 17.9 Å². The number of hydrogen-bond acceptors (Lipinski definition) is 6.